The summed E-state index contributed by atoms with van der Waals surface area (Å²) >= 11 is 1.54. The summed E-state index contributed by atoms with van der Waals surface area (Å²) in [6, 6.07) is 7.53. The van der Waals surface area contributed by atoms with Crippen LogP contribution in [-0.2, 0) is 0 Å². The molecule has 1 heterocycles. The Morgan fingerprint density at radius 1 is 1.40 bits per heavy atom. The zero-order valence-electron chi connectivity index (χ0n) is 11.1. The lowest BCUT2D eigenvalue weighted by molar-refractivity contribution is 0.0918. The van der Waals surface area contributed by atoms with Crippen LogP contribution in [-0.4, -0.2) is 12.4 Å². The molecule has 0 aliphatic heterocycles. The summed E-state index contributed by atoms with van der Waals surface area (Å²) in [5.74, 6) is -0.854. The summed E-state index contributed by atoms with van der Waals surface area (Å²) in [7, 11) is 0. The molecule has 3 nitrogen and oxygen atoms in total. The predicted molar refractivity (Wildman–Crippen MR) is 74.7 cm³/mol. The molecule has 0 N–H and O–H groups in total. The van der Waals surface area contributed by atoms with Crippen LogP contribution in [0.5, 0.6) is 5.75 Å². The van der Waals surface area contributed by atoms with Gasteiger partial charge in [0.05, 0.1) is 11.6 Å². The molecule has 0 fully saturated rings. The van der Waals surface area contributed by atoms with E-state index in [4.69, 9.17) is 10.00 Å². The highest BCUT2D eigenvalue weighted by Gasteiger charge is 2.14. The summed E-state index contributed by atoms with van der Waals surface area (Å²) in [5.41, 5.74) is 0.826. The van der Waals surface area contributed by atoms with E-state index < -0.39 is 5.82 Å². The molecule has 20 heavy (non-hydrogen) atoms. The topological polar surface area (TPSA) is 50.1 Å². The van der Waals surface area contributed by atoms with Crippen molar-refractivity contribution in [3.63, 3.8) is 0 Å². The van der Waals surface area contributed by atoms with Gasteiger partial charge in [-0.05, 0) is 38.1 Å². The number of halogens is 1. The third-order valence-electron chi connectivity index (χ3n) is 2.76. The second kappa shape index (κ2) is 5.85. The van der Waals surface area contributed by atoms with E-state index in [1.165, 1.54) is 12.1 Å². The number of nitrogens with zero attached hydrogens (tertiary/aromatic N) is 1. The van der Waals surface area contributed by atoms with Crippen molar-refractivity contribution in [2.75, 3.05) is 6.61 Å². The maximum Gasteiger partial charge on any atom is 0.201 e. The van der Waals surface area contributed by atoms with Gasteiger partial charge in [-0.3, -0.25) is 4.79 Å². The van der Waals surface area contributed by atoms with Gasteiger partial charge in [-0.1, -0.05) is 0 Å². The molecule has 0 amide bonds. The average molecular weight is 289 g/mol. The molecule has 0 unspecified atom stereocenters. The molecule has 2 rings (SSSR count). The van der Waals surface area contributed by atoms with Gasteiger partial charge in [0.25, 0.3) is 0 Å². The van der Waals surface area contributed by atoms with Crippen molar-refractivity contribution in [2.24, 2.45) is 0 Å². The molecule has 0 saturated carbocycles. The summed E-state index contributed by atoms with van der Waals surface area (Å²) < 4.78 is 18.8. The Bertz CT molecular complexity index is 700. The number of carbonyl (C=O) groups is 1. The highest BCUT2D eigenvalue weighted by molar-refractivity contribution is 7.12. The zero-order chi connectivity index (χ0) is 14.7. The van der Waals surface area contributed by atoms with Crippen molar-refractivity contribution in [3.05, 3.63) is 51.0 Å². The van der Waals surface area contributed by atoms with Gasteiger partial charge in [0.1, 0.15) is 0 Å². The summed E-state index contributed by atoms with van der Waals surface area (Å²) in [6.07, 6.45) is 0. The molecule has 0 atom stereocenters. The third kappa shape index (κ3) is 3.03. The van der Waals surface area contributed by atoms with Crippen LogP contribution in [0.25, 0.3) is 0 Å². The normalized spacial score (nSPS) is 10.1. The molecule has 0 bridgehead atoms. The average Bonchev–Trinajstić information content (AvgIpc) is 2.76. The number of ether oxygens (including phenoxy) is 1. The lowest BCUT2D eigenvalue weighted by atomic mass is 10.2. The van der Waals surface area contributed by atoms with E-state index in [1.54, 1.807) is 17.4 Å². The highest BCUT2D eigenvalue weighted by Crippen LogP contribution is 2.22. The number of rotatable bonds is 4. The number of ketones is 1. The Morgan fingerprint density at radius 3 is 2.70 bits per heavy atom. The van der Waals surface area contributed by atoms with E-state index in [9.17, 15) is 9.18 Å². The number of hydrogen-bond acceptors (Lipinski definition) is 4. The molecule has 1 aromatic heterocycles. The molecular weight excluding hydrogens is 277 g/mol. The fourth-order valence-corrected chi connectivity index (χ4v) is 2.76. The van der Waals surface area contributed by atoms with Crippen LogP contribution in [0.2, 0.25) is 0 Å². The molecular formula is C15H12FNO2S. The van der Waals surface area contributed by atoms with Gasteiger partial charge in [-0.15, -0.1) is 11.3 Å². The van der Waals surface area contributed by atoms with Gasteiger partial charge in [0.2, 0.25) is 5.78 Å². The van der Waals surface area contributed by atoms with Gasteiger partial charge in [-0.25, -0.2) is 4.39 Å². The van der Waals surface area contributed by atoms with E-state index in [0.717, 1.165) is 15.8 Å². The van der Waals surface area contributed by atoms with Crippen LogP contribution in [0.4, 0.5) is 4.39 Å². The molecule has 0 aliphatic carbocycles. The van der Waals surface area contributed by atoms with Crippen molar-refractivity contribution in [3.8, 4) is 11.8 Å². The van der Waals surface area contributed by atoms with Gasteiger partial charge < -0.3 is 4.74 Å². The lowest BCUT2D eigenvalue weighted by Crippen LogP contribution is -2.12. The molecule has 0 saturated heterocycles. The van der Waals surface area contributed by atoms with Crippen molar-refractivity contribution in [1.29, 1.82) is 5.26 Å². The lowest BCUT2D eigenvalue weighted by Gasteiger charge is -2.06. The summed E-state index contributed by atoms with van der Waals surface area (Å²) in [6.45, 7) is 3.57. The van der Waals surface area contributed by atoms with E-state index in [2.05, 4.69) is 0 Å². The SMILES string of the molecule is Cc1cc(C(=O)COc2ccc(C#N)cc2F)c(C)s1. The first-order chi connectivity index (χ1) is 9.51. The van der Waals surface area contributed by atoms with Gasteiger partial charge >= 0.3 is 0 Å². The molecule has 5 heteroatoms. The minimum atomic E-state index is -0.643. The van der Waals surface area contributed by atoms with Crippen LogP contribution in [0.3, 0.4) is 0 Å². The smallest absolute Gasteiger partial charge is 0.201 e. The Balaban J connectivity index is 2.08. The number of nitriles is 1. The third-order valence-corrected chi connectivity index (χ3v) is 3.73. The van der Waals surface area contributed by atoms with Crippen molar-refractivity contribution in [2.45, 2.75) is 13.8 Å². The Kier molecular flexibility index (Phi) is 4.16. The first-order valence-corrected chi connectivity index (χ1v) is 6.75. The van der Waals surface area contributed by atoms with Gasteiger partial charge in [0, 0.05) is 15.3 Å². The van der Waals surface area contributed by atoms with E-state index in [0.29, 0.717) is 5.56 Å². The molecule has 2 aromatic rings. The van der Waals surface area contributed by atoms with Crippen LogP contribution >= 0.6 is 11.3 Å². The molecule has 1 aromatic carbocycles. The number of hydrogen-bond donors (Lipinski definition) is 0. The van der Waals surface area contributed by atoms with Crippen LogP contribution in [0, 0.1) is 31.0 Å². The van der Waals surface area contributed by atoms with Crippen molar-refractivity contribution < 1.29 is 13.9 Å². The first kappa shape index (κ1) is 14.2. The minimum Gasteiger partial charge on any atom is -0.482 e. The quantitative estimate of drug-likeness (QED) is 0.807. The Labute approximate surface area is 120 Å². The van der Waals surface area contributed by atoms with Crippen LogP contribution in [0.1, 0.15) is 25.7 Å². The number of Topliss-reactive ketones (excluding diaryl/α,β-unsaturated/α-hetero) is 1. The van der Waals surface area contributed by atoms with Gasteiger partial charge in [0.15, 0.2) is 18.2 Å². The highest BCUT2D eigenvalue weighted by atomic mass is 32.1. The van der Waals surface area contributed by atoms with Crippen LogP contribution < -0.4 is 4.74 Å². The number of aryl methyl sites for hydroxylation is 2. The van der Waals surface area contributed by atoms with Crippen LogP contribution in [0.15, 0.2) is 24.3 Å². The molecule has 102 valence electrons. The zero-order valence-corrected chi connectivity index (χ0v) is 11.9. The number of benzene rings is 1. The molecule has 0 radical (unpaired) electrons. The van der Waals surface area contributed by atoms with Crippen molar-refractivity contribution in [1.82, 2.24) is 0 Å². The maximum atomic E-state index is 13.6. The van der Waals surface area contributed by atoms with Gasteiger partial charge in [-0.2, -0.15) is 5.26 Å². The molecule has 0 aliphatic rings. The van der Waals surface area contributed by atoms with Crippen molar-refractivity contribution >= 4 is 17.1 Å². The number of thiophene rings is 1. The fraction of sp³-hybridized carbons (Fsp3) is 0.200. The Hall–Kier alpha value is -2.19. The van der Waals surface area contributed by atoms with E-state index in [1.807, 2.05) is 19.9 Å². The monoisotopic (exact) mass is 289 g/mol. The predicted octanol–water partition coefficient (Wildman–Crippen LogP) is 3.64. The number of carbonyl (C=O) groups excluding carboxylic acids is 1. The molecule has 0 spiro atoms. The van der Waals surface area contributed by atoms with E-state index in [-0.39, 0.29) is 23.7 Å². The minimum absolute atomic E-state index is 0.0260. The fourth-order valence-electron chi connectivity index (χ4n) is 1.82. The first-order valence-electron chi connectivity index (χ1n) is 5.94. The Morgan fingerprint density at radius 2 is 2.15 bits per heavy atom. The summed E-state index contributed by atoms with van der Waals surface area (Å²) in [5, 5.41) is 8.64. The second-order valence-electron chi connectivity index (χ2n) is 4.30. The summed E-state index contributed by atoms with van der Waals surface area (Å²) in [4.78, 5) is 14.0. The largest absolute Gasteiger partial charge is 0.482 e. The standard InChI is InChI=1S/C15H12FNO2S/c1-9-5-12(10(2)20-9)14(18)8-19-15-4-3-11(7-17)6-13(15)16/h3-6H,8H2,1-2H3. The maximum absolute atomic E-state index is 13.6. The second-order valence-corrected chi connectivity index (χ2v) is 5.76. The van der Waals surface area contributed by atoms with E-state index >= 15 is 0 Å².